The molecule has 0 aromatic heterocycles. The van der Waals surface area contributed by atoms with Gasteiger partial charge >= 0.3 is 6.09 Å². The van der Waals surface area contributed by atoms with E-state index in [4.69, 9.17) is 19.9 Å². The van der Waals surface area contributed by atoms with E-state index in [9.17, 15) is 29.1 Å². The number of methoxy groups -OCH3 is 2. The van der Waals surface area contributed by atoms with E-state index in [1.807, 2.05) is 0 Å². The molecule has 3 aromatic carbocycles. The first kappa shape index (κ1) is 34.9. The lowest BCUT2D eigenvalue weighted by Gasteiger charge is -2.22. The van der Waals surface area contributed by atoms with Gasteiger partial charge in [0.15, 0.2) is 0 Å². The largest absolute Gasteiger partial charge is 0.497 e. The molecule has 2 unspecified atom stereocenters. The van der Waals surface area contributed by atoms with Crippen LogP contribution in [0, 0.1) is 0 Å². The van der Waals surface area contributed by atoms with Crippen molar-refractivity contribution in [1.82, 2.24) is 21.3 Å². The zero-order valence-electron chi connectivity index (χ0n) is 25.4. The van der Waals surface area contributed by atoms with Crippen molar-refractivity contribution >= 4 is 29.7 Å². The summed E-state index contributed by atoms with van der Waals surface area (Å²) in [6.07, 6.45) is -1.61. The van der Waals surface area contributed by atoms with Gasteiger partial charge in [-0.15, -0.1) is 0 Å². The number of carbonyl (C=O) groups excluding carboxylic acids is 5. The maximum atomic E-state index is 13.0. The molecule has 3 rings (SSSR count). The molecule has 0 saturated heterocycles. The Balaban J connectivity index is 1.62. The first-order valence-electron chi connectivity index (χ1n) is 14.1. The summed E-state index contributed by atoms with van der Waals surface area (Å²) in [5.41, 5.74) is 7.44. The number of hydrogen-bond acceptors (Lipinski definition) is 9. The second-order valence-electron chi connectivity index (χ2n) is 9.94. The number of nitrogens with two attached hydrogens (primary N) is 1. The van der Waals surface area contributed by atoms with Gasteiger partial charge in [0.2, 0.25) is 23.6 Å². The molecule has 0 fully saturated rings. The molecule has 0 heterocycles. The Kier molecular flexibility index (Phi) is 13.3. The SMILES string of the molecule is COc1ccc(C(NC(=O)CNC(=O)C(CC(N)=O)NC(=O)C(CO)NC(=O)OCc2ccccc2)c2ccc(OC)cc2)cc1. The molecule has 0 radical (unpaired) electrons. The normalized spacial score (nSPS) is 11.8. The average Bonchev–Trinajstić information content (AvgIpc) is 3.07. The van der Waals surface area contributed by atoms with Crippen molar-refractivity contribution in [1.29, 1.82) is 0 Å². The monoisotopic (exact) mass is 635 g/mol. The van der Waals surface area contributed by atoms with Gasteiger partial charge in [-0.1, -0.05) is 54.6 Å². The maximum absolute atomic E-state index is 13.0. The highest BCUT2D eigenvalue weighted by Crippen LogP contribution is 2.26. The summed E-state index contributed by atoms with van der Waals surface area (Å²) in [7, 11) is 3.08. The lowest BCUT2D eigenvalue weighted by atomic mass is 9.98. The van der Waals surface area contributed by atoms with Crippen LogP contribution >= 0.6 is 0 Å². The van der Waals surface area contributed by atoms with Gasteiger partial charge in [-0.05, 0) is 41.0 Å². The van der Waals surface area contributed by atoms with Gasteiger partial charge in [0.25, 0.3) is 0 Å². The van der Waals surface area contributed by atoms with Crippen LogP contribution in [-0.4, -0.2) is 74.3 Å². The molecule has 7 N–H and O–H groups in total. The molecule has 14 nitrogen and oxygen atoms in total. The average molecular weight is 636 g/mol. The van der Waals surface area contributed by atoms with Crippen molar-refractivity contribution < 1.29 is 43.3 Å². The molecule has 5 amide bonds. The van der Waals surface area contributed by atoms with Crippen LogP contribution in [-0.2, 0) is 30.5 Å². The molecular formula is C32H37N5O9. The first-order valence-corrected chi connectivity index (χ1v) is 14.1. The van der Waals surface area contributed by atoms with Gasteiger partial charge in [0.1, 0.15) is 30.2 Å². The fourth-order valence-electron chi connectivity index (χ4n) is 4.24. The van der Waals surface area contributed by atoms with Crippen LogP contribution in [0.5, 0.6) is 11.5 Å². The number of primary amides is 1. The highest BCUT2D eigenvalue weighted by Gasteiger charge is 2.28. The summed E-state index contributed by atoms with van der Waals surface area (Å²) < 4.78 is 15.5. The fraction of sp³-hybridized carbons (Fsp3) is 0.281. The number of amides is 5. The van der Waals surface area contributed by atoms with Crippen LogP contribution < -0.4 is 36.5 Å². The summed E-state index contributed by atoms with van der Waals surface area (Å²) in [5.74, 6) is -2.12. The number of benzene rings is 3. The second-order valence-corrected chi connectivity index (χ2v) is 9.94. The molecule has 46 heavy (non-hydrogen) atoms. The molecule has 2 atom stereocenters. The summed E-state index contributed by atoms with van der Waals surface area (Å²) in [6, 6.07) is 19.3. The lowest BCUT2D eigenvalue weighted by Crippen LogP contribution is -2.56. The smallest absolute Gasteiger partial charge is 0.408 e. The summed E-state index contributed by atoms with van der Waals surface area (Å²) in [5, 5.41) is 19.4. The number of aliphatic hydroxyl groups is 1. The molecule has 0 spiro atoms. The number of carbonyl (C=O) groups is 5. The lowest BCUT2D eigenvalue weighted by molar-refractivity contribution is -0.133. The number of aliphatic hydroxyl groups excluding tert-OH is 1. The quantitative estimate of drug-likeness (QED) is 0.131. The minimum absolute atomic E-state index is 0.0843. The Morgan fingerprint density at radius 3 is 1.80 bits per heavy atom. The number of rotatable bonds is 16. The van der Waals surface area contributed by atoms with E-state index < -0.39 is 67.4 Å². The van der Waals surface area contributed by atoms with Gasteiger partial charge in [-0.3, -0.25) is 19.2 Å². The van der Waals surface area contributed by atoms with Crippen LogP contribution in [0.4, 0.5) is 4.79 Å². The topological polar surface area (TPSA) is 207 Å². The molecule has 0 bridgehead atoms. The molecule has 0 saturated carbocycles. The van der Waals surface area contributed by atoms with Crippen molar-refractivity contribution in [3.63, 3.8) is 0 Å². The van der Waals surface area contributed by atoms with Crippen molar-refractivity contribution in [2.45, 2.75) is 31.2 Å². The van der Waals surface area contributed by atoms with Crippen LogP contribution in [0.1, 0.15) is 29.2 Å². The van der Waals surface area contributed by atoms with E-state index in [0.717, 1.165) is 11.1 Å². The molecule has 244 valence electrons. The van der Waals surface area contributed by atoms with Crippen LogP contribution in [0.3, 0.4) is 0 Å². The van der Waals surface area contributed by atoms with E-state index >= 15 is 0 Å². The van der Waals surface area contributed by atoms with E-state index in [1.165, 1.54) is 14.2 Å². The van der Waals surface area contributed by atoms with Crippen LogP contribution in [0.25, 0.3) is 0 Å². The zero-order chi connectivity index (χ0) is 33.5. The molecule has 0 aliphatic heterocycles. The van der Waals surface area contributed by atoms with Crippen molar-refractivity contribution in [2.24, 2.45) is 5.73 Å². The Morgan fingerprint density at radius 2 is 1.30 bits per heavy atom. The molecule has 3 aromatic rings. The van der Waals surface area contributed by atoms with Crippen molar-refractivity contribution in [2.75, 3.05) is 27.4 Å². The Labute approximate surface area is 265 Å². The van der Waals surface area contributed by atoms with Gasteiger partial charge in [0, 0.05) is 0 Å². The summed E-state index contributed by atoms with van der Waals surface area (Å²) in [6.45, 7) is -1.43. The van der Waals surface area contributed by atoms with Gasteiger partial charge < -0.3 is 46.3 Å². The van der Waals surface area contributed by atoms with E-state index in [-0.39, 0.29) is 6.61 Å². The Morgan fingerprint density at radius 1 is 0.739 bits per heavy atom. The van der Waals surface area contributed by atoms with E-state index in [1.54, 1.807) is 78.9 Å². The molecule has 0 aliphatic carbocycles. The molecule has 0 aliphatic rings. The highest BCUT2D eigenvalue weighted by atomic mass is 16.5. The van der Waals surface area contributed by atoms with Crippen molar-refractivity contribution in [3.05, 3.63) is 95.6 Å². The summed E-state index contributed by atoms with van der Waals surface area (Å²) >= 11 is 0. The summed E-state index contributed by atoms with van der Waals surface area (Å²) in [4.78, 5) is 62.6. The highest BCUT2D eigenvalue weighted by molar-refractivity contribution is 5.95. The van der Waals surface area contributed by atoms with Gasteiger partial charge in [-0.2, -0.15) is 0 Å². The number of ether oxygens (including phenoxy) is 3. The standard InChI is InChI=1S/C32H37N5O9/c1-44-23-12-8-21(9-13-23)29(22-10-14-24(45-2)15-11-22)37-28(40)17-34-30(41)25(16-27(33)39)35-31(42)26(18-38)36-32(43)46-19-20-6-4-3-5-7-20/h3-15,25-26,29,38H,16-19H2,1-2H3,(H2,33,39)(H,34,41)(H,35,42)(H,36,43)(H,37,40). The second kappa shape index (κ2) is 17.6. The van der Waals surface area contributed by atoms with E-state index in [0.29, 0.717) is 17.1 Å². The van der Waals surface area contributed by atoms with E-state index in [2.05, 4.69) is 21.3 Å². The predicted octanol–water partition coefficient (Wildman–Crippen LogP) is 0.673. The minimum Gasteiger partial charge on any atom is -0.497 e. The van der Waals surface area contributed by atoms with Gasteiger partial charge in [-0.25, -0.2) is 4.79 Å². The maximum Gasteiger partial charge on any atom is 0.408 e. The minimum atomic E-state index is -1.51. The third kappa shape index (κ3) is 10.8. The van der Waals surface area contributed by atoms with Crippen LogP contribution in [0.2, 0.25) is 0 Å². The number of nitrogens with one attached hydrogen (secondary N) is 4. The third-order valence-corrected chi connectivity index (χ3v) is 6.67. The Hall–Kier alpha value is -5.63. The Bertz CT molecular complexity index is 1420. The first-order chi connectivity index (χ1) is 22.1. The third-order valence-electron chi connectivity index (χ3n) is 6.67. The number of alkyl carbamates (subject to hydrolysis) is 1. The molecule has 14 heteroatoms. The predicted molar refractivity (Wildman–Crippen MR) is 165 cm³/mol. The van der Waals surface area contributed by atoms with Crippen molar-refractivity contribution in [3.8, 4) is 11.5 Å². The number of hydrogen-bond donors (Lipinski definition) is 6. The van der Waals surface area contributed by atoms with Gasteiger partial charge in [0.05, 0.1) is 39.8 Å². The zero-order valence-corrected chi connectivity index (χ0v) is 25.4. The molecular weight excluding hydrogens is 598 g/mol. The van der Waals surface area contributed by atoms with Crippen LogP contribution in [0.15, 0.2) is 78.9 Å². The fourth-order valence-corrected chi connectivity index (χ4v) is 4.24.